The third-order valence-electron chi connectivity index (χ3n) is 5.73. The van der Waals surface area contributed by atoms with Crippen LogP contribution in [0.3, 0.4) is 0 Å². The number of cyclic esters (lactones) is 1. The fourth-order valence-corrected chi connectivity index (χ4v) is 4.13. The average molecular weight is 483 g/mol. The minimum Gasteiger partial charge on any atom is -0.447 e. The third kappa shape index (κ3) is 5.59. The number of anilines is 2. The van der Waals surface area contributed by atoms with Gasteiger partial charge >= 0.3 is 6.09 Å². The predicted octanol–water partition coefficient (Wildman–Crippen LogP) is 4.72. The van der Waals surface area contributed by atoms with E-state index in [2.05, 4.69) is 20.4 Å². The summed E-state index contributed by atoms with van der Waals surface area (Å²) in [7, 11) is 1.82. The Balaban J connectivity index is 1.51. The minimum absolute atomic E-state index is 0.202. The number of halogens is 1. The summed E-state index contributed by atoms with van der Waals surface area (Å²) >= 11 is 0. The lowest BCUT2D eigenvalue weighted by molar-refractivity contribution is -0.0618. The molecule has 0 aliphatic carbocycles. The third-order valence-corrected chi connectivity index (χ3v) is 5.73. The number of amides is 1. The summed E-state index contributed by atoms with van der Waals surface area (Å²) < 4.78 is 28.0. The number of ether oxygens (including phenoxy) is 2. The number of nitrogens with one attached hydrogen (secondary N) is 1. The molecule has 10 heteroatoms. The van der Waals surface area contributed by atoms with E-state index >= 15 is 0 Å². The molecule has 0 unspecified atom stereocenters. The monoisotopic (exact) mass is 482 g/mol. The van der Waals surface area contributed by atoms with Crippen LogP contribution in [0.4, 0.5) is 21.0 Å². The lowest BCUT2D eigenvalue weighted by Crippen LogP contribution is -2.45. The second-order valence-electron chi connectivity index (χ2n) is 9.69. The van der Waals surface area contributed by atoms with Gasteiger partial charge in [0.1, 0.15) is 24.3 Å². The van der Waals surface area contributed by atoms with Crippen LogP contribution in [0.25, 0.3) is 11.1 Å². The Kier molecular flexibility index (Phi) is 6.75. The highest BCUT2D eigenvalue weighted by atomic mass is 19.1. The van der Waals surface area contributed by atoms with Gasteiger partial charge in [0.15, 0.2) is 0 Å². The Morgan fingerprint density at radius 1 is 1.23 bits per heavy atom. The fraction of sp³-hybridized carbons (Fsp3) is 0.440. The van der Waals surface area contributed by atoms with Gasteiger partial charge in [-0.05, 0) is 52.3 Å². The first kappa shape index (κ1) is 24.6. The molecule has 186 valence electrons. The van der Waals surface area contributed by atoms with Crippen LogP contribution in [0.2, 0.25) is 0 Å². The molecular weight excluding hydrogens is 451 g/mol. The second kappa shape index (κ2) is 9.61. The van der Waals surface area contributed by atoms with E-state index in [1.54, 1.807) is 29.2 Å². The number of aryl methyl sites for hydroxylation is 1. The molecule has 4 rings (SSSR count). The molecule has 1 amide bonds. The second-order valence-corrected chi connectivity index (χ2v) is 9.69. The first-order chi connectivity index (χ1) is 16.5. The maximum atomic E-state index is 15.0. The fourth-order valence-electron chi connectivity index (χ4n) is 4.13. The average Bonchev–Trinajstić information content (AvgIpc) is 3.38. The van der Waals surface area contributed by atoms with Crippen LogP contribution in [0, 0.1) is 5.82 Å². The number of hydrogen-bond donors (Lipinski definition) is 1. The zero-order chi connectivity index (χ0) is 25.3. The Morgan fingerprint density at radius 2 is 2.00 bits per heavy atom. The normalized spacial score (nSPS) is 17.9. The van der Waals surface area contributed by atoms with Crippen molar-refractivity contribution >= 4 is 17.9 Å². The minimum atomic E-state index is -0.492. The molecular formula is C25H31FN6O3. The van der Waals surface area contributed by atoms with Crippen LogP contribution in [0.15, 0.2) is 42.9 Å². The van der Waals surface area contributed by atoms with Crippen LogP contribution in [0.1, 0.15) is 46.2 Å². The molecule has 0 saturated carbocycles. The first-order valence-corrected chi connectivity index (χ1v) is 11.5. The van der Waals surface area contributed by atoms with Gasteiger partial charge in [-0.3, -0.25) is 9.58 Å². The van der Waals surface area contributed by atoms with E-state index in [0.29, 0.717) is 11.4 Å². The van der Waals surface area contributed by atoms with E-state index in [1.807, 2.05) is 53.9 Å². The summed E-state index contributed by atoms with van der Waals surface area (Å²) in [6.07, 6.45) is 4.31. The van der Waals surface area contributed by atoms with Gasteiger partial charge in [-0.1, -0.05) is 12.1 Å². The summed E-state index contributed by atoms with van der Waals surface area (Å²) in [5, 5.41) is 7.27. The lowest BCUT2D eigenvalue weighted by atomic mass is 10.0. The summed E-state index contributed by atoms with van der Waals surface area (Å²) in [6.45, 7) is 9.81. The van der Waals surface area contributed by atoms with Crippen molar-refractivity contribution in [2.75, 3.05) is 16.8 Å². The highest BCUT2D eigenvalue weighted by molar-refractivity contribution is 5.89. The van der Waals surface area contributed by atoms with Gasteiger partial charge in [0, 0.05) is 30.6 Å². The van der Waals surface area contributed by atoms with Crippen LogP contribution in [-0.2, 0) is 16.5 Å². The molecule has 35 heavy (non-hydrogen) atoms. The van der Waals surface area contributed by atoms with E-state index in [4.69, 9.17) is 9.47 Å². The van der Waals surface area contributed by atoms with Crippen molar-refractivity contribution in [3.8, 4) is 11.1 Å². The highest BCUT2D eigenvalue weighted by Gasteiger charge is 2.40. The van der Waals surface area contributed by atoms with Crippen molar-refractivity contribution in [1.82, 2.24) is 19.7 Å². The number of rotatable bonds is 7. The van der Waals surface area contributed by atoms with Crippen molar-refractivity contribution in [2.24, 2.45) is 7.05 Å². The van der Waals surface area contributed by atoms with Crippen LogP contribution in [0.5, 0.6) is 0 Å². The van der Waals surface area contributed by atoms with Gasteiger partial charge in [0.25, 0.3) is 0 Å². The van der Waals surface area contributed by atoms with Crippen LogP contribution < -0.4 is 10.2 Å². The molecule has 9 nitrogen and oxygen atoms in total. The zero-order valence-electron chi connectivity index (χ0n) is 20.8. The number of aromatic nitrogens is 4. The lowest BCUT2D eigenvalue weighted by Gasteiger charge is -2.31. The molecule has 0 radical (unpaired) electrons. The van der Waals surface area contributed by atoms with Gasteiger partial charge in [0.2, 0.25) is 5.95 Å². The van der Waals surface area contributed by atoms with E-state index in [-0.39, 0.29) is 36.1 Å². The van der Waals surface area contributed by atoms with Crippen molar-refractivity contribution in [1.29, 1.82) is 0 Å². The highest BCUT2D eigenvalue weighted by Crippen LogP contribution is 2.29. The molecule has 1 aliphatic heterocycles. The standard InChI is InChI=1S/C25H31FN6O3/c1-15(19-8-7-17(11-20(19)26)18-12-28-31(6)13-18)29-23-27-10-9-22(30-23)32-21(14-34-24(32)33)16(2)35-25(3,4)5/h7-13,15-16,21H,14H2,1-6H3,(H,27,29,30)/t15-,16+,21+/m0/s1. The Hall–Kier alpha value is -3.53. The molecule has 0 bridgehead atoms. The summed E-state index contributed by atoms with van der Waals surface area (Å²) in [5.41, 5.74) is 1.68. The number of carbonyl (C=O) groups excluding carboxylic acids is 1. The number of carbonyl (C=O) groups is 1. The molecule has 0 spiro atoms. The zero-order valence-corrected chi connectivity index (χ0v) is 20.8. The maximum absolute atomic E-state index is 15.0. The maximum Gasteiger partial charge on any atom is 0.416 e. The molecule has 3 aromatic rings. The summed E-state index contributed by atoms with van der Waals surface area (Å²) in [5.74, 6) is 0.311. The van der Waals surface area contributed by atoms with Crippen molar-refractivity contribution < 1.29 is 18.7 Å². The Bertz CT molecular complexity index is 1210. The van der Waals surface area contributed by atoms with Gasteiger partial charge < -0.3 is 14.8 Å². The number of benzene rings is 1. The molecule has 3 atom stereocenters. The van der Waals surface area contributed by atoms with Crippen molar-refractivity contribution in [3.05, 3.63) is 54.2 Å². The predicted molar refractivity (Wildman–Crippen MR) is 131 cm³/mol. The molecule has 1 fully saturated rings. The smallest absolute Gasteiger partial charge is 0.416 e. The first-order valence-electron chi connectivity index (χ1n) is 11.5. The van der Waals surface area contributed by atoms with Gasteiger partial charge in [0.05, 0.1) is 23.9 Å². The number of hydrogen-bond acceptors (Lipinski definition) is 7. The molecule has 2 aromatic heterocycles. The molecule has 1 saturated heterocycles. The van der Waals surface area contributed by atoms with Gasteiger partial charge in [-0.2, -0.15) is 10.1 Å². The van der Waals surface area contributed by atoms with Crippen molar-refractivity contribution in [3.63, 3.8) is 0 Å². The molecule has 1 N–H and O–H groups in total. The summed E-state index contributed by atoms with van der Waals surface area (Å²) in [6, 6.07) is 5.97. The summed E-state index contributed by atoms with van der Waals surface area (Å²) in [4.78, 5) is 22.8. The van der Waals surface area contributed by atoms with Crippen LogP contribution in [-0.4, -0.2) is 50.2 Å². The van der Waals surface area contributed by atoms with Crippen LogP contribution >= 0.6 is 0 Å². The van der Waals surface area contributed by atoms with Gasteiger partial charge in [-0.15, -0.1) is 0 Å². The van der Waals surface area contributed by atoms with Crippen molar-refractivity contribution in [2.45, 2.75) is 58.4 Å². The van der Waals surface area contributed by atoms with E-state index in [0.717, 1.165) is 11.1 Å². The topological polar surface area (TPSA) is 94.4 Å². The quantitative estimate of drug-likeness (QED) is 0.521. The molecule has 3 heterocycles. The van der Waals surface area contributed by atoms with E-state index < -0.39 is 12.1 Å². The van der Waals surface area contributed by atoms with Gasteiger partial charge in [-0.25, -0.2) is 14.2 Å². The Labute approximate surface area is 204 Å². The van der Waals surface area contributed by atoms with E-state index in [9.17, 15) is 9.18 Å². The molecule has 1 aromatic carbocycles. The number of nitrogens with zero attached hydrogens (tertiary/aromatic N) is 5. The molecule has 1 aliphatic rings. The largest absolute Gasteiger partial charge is 0.447 e. The van der Waals surface area contributed by atoms with E-state index in [1.165, 1.54) is 11.0 Å². The SMILES string of the molecule is C[C@H](Nc1nccc(N2C(=O)OC[C@@H]2[C@@H](C)OC(C)(C)C)n1)c1ccc(-c2cnn(C)c2)cc1F. The Morgan fingerprint density at radius 3 is 2.66 bits per heavy atom.